The monoisotopic (exact) mass is 360 g/mol. The smallest absolute Gasteiger partial charge is 0.243 e. The van der Waals surface area contributed by atoms with Gasteiger partial charge in [0, 0.05) is 23.6 Å². The summed E-state index contributed by atoms with van der Waals surface area (Å²) in [6.07, 6.45) is 1.87. The first-order valence-electron chi connectivity index (χ1n) is 6.84. The molecule has 0 aliphatic carbocycles. The lowest BCUT2D eigenvalue weighted by atomic mass is 9.93. The van der Waals surface area contributed by atoms with Crippen LogP contribution < -0.4 is 5.73 Å². The van der Waals surface area contributed by atoms with E-state index in [-0.39, 0.29) is 12.0 Å². The van der Waals surface area contributed by atoms with Crippen LogP contribution in [0.25, 0.3) is 0 Å². The van der Waals surface area contributed by atoms with E-state index in [9.17, 15) is 8.42 Å². The van der Waals surface area contributed by atoms with Crippen molar-refractivity contribution >= 4 is 26.0 Å². The van der Waals surface area contributed by atoms with E-state index in [0.29, 0.717) is 18.0 Å². The molecule has 2 atom stereocenters. The third kappa shape index (κ3) is 3.24. The van der Waals surface area contributed by atoms with Crippen molar-refractivity contribution in [2.75, 3.05) is 13.1 Å². The van der Waals surface area contributed by atoms with Gasteiger partial charge in [-0.1, -0.05) is 22.0 Å². The summed E-state index contributed by atoms with van der Waals surface area (Å²) >= 11 is 3.34. The van der Waals surface area contributed by atoms with Gasteiger partial charge in [0.05, 0.1) is 4.90 Å². The molecule has 2 rings (SSSR count). The van der Waals surface area contributed by atoms with Gasteiger partial charge in [-0.3, -0.25) is 0 Å². The second-order valence-corrected chi connectivity index (χ2v) is 8.36. The van der Waals surface area contributed by atoms with Crippen LogP contribution in [0.5, 0.6) is 0 Å². The van der Waals surface area contributed by atoms with E-state index < -0.39 is 10.0 Å². The fourth-order valence-electron chi connectivity index (χ4n) is 2.61. The Morgan fingerprint density at radius 1 is 1.45 bits per heavy atom. The van der Waals surface area contributed by atoms with Crippen LogP contribution in [0, 0.1) is 12.8 Å². The van der Waals surface area contributed by atoms with Crippen LogP contribution >= 0.6 is 15.9 Å². The van der Waals surface area contributed by atoms with Crippen LogP contribution in [-0.4, -0.2) is 31.9 Å². The van der Waals surface area contributed by atoms with Crippen LogP contribution in [-0.2, 0) is 10.0 Å². The van der Waals surface area contributed by atoms with Gasteiger partial charge in [0.15, 0.2) is 0 Å². The summed E-state index contributed by atoms with van der Waals surface area (Å²) in [5.74, 6) is 0.242. The molecule has 2 unspecified atom stereocenters. The number of benzene rings is 1. The number of hydrogen-bond acceptors (Lipinski definition) is 3. The van der Waals surface area contributed by atoms with Crippen molar-refractivity contribution in [3.63, 3.8) is 0 Å². The number of nitrogens with zero attached hydrogens (tertiary/aromatic N) is 1. The first kappa shape index (κ1) is 15.9. The highest BCUT2D eigenvalue weighted by Gasteiger charge is 2.32. The summed E-state index contributed by atoms with van der Waals surface area (Å²) in [6.45, 7) is 4.88. The fraction of sp³-hybridized carbons (Fsp3) is 0.571. The van der Waals surface area contributed by atoms with Gasteiger partial charge in [0.25, 0.3) is 0 Å². The molecule has 1 heterocycles. The zero-order chi connectivity index (χ0) is 14.9. The molecular weight excluding hydrogens is 340 g/mol. The predicted octanol–water partition coefficient (Wildman–Crippen LogP) is 2.51. The Morgan fingerprint density at radius 2 is 2.15 bits per heavy atom. The molecule has 0 aromatic heterocycles. The van der Waals surface area contributed by atoms with Crippen molar-refractivity contribution in [3.8, 4) is 0 Å². The third-order valence-corrected chi connectivity index (χ3v) is 6.43. The topological polar surface area (TPSA) is 63.4 Å². The molecule has 1 aliphatic rings. The minimum atomic E-state index is -3.43. The summed E-state index contributed by atoms with van der Waals surface area (Å²) in [7, 11) is -3.43. The van der Waals surface area contributed by atoms with Crippen LogP contribution in [0.1, 0.15) is 25.3 Å². The fourth-order valence-corrected chi connectivity index (χ4v) is 4.91. The number of aryl methyl sites for hydroxylation is 1. The van der Waals surface area contributed by atoms with Crippen LogP contribution in [0.3, 0.4) is 0 Å². The maximum atomic E-state index is 12.8. The van der Waals surface area contributed by atoms with Crippen LogP contribution in [0.2, 0.25) is 0 Å². The van der Waals surface area contributed by atoms with Crippen molar-refractivity contribution < 1.29 is 8.42 Å². The predicted molar refractivity (Wildman–Crippen MR) is 84.0 cm³/mol. The molecule has 112 valence electrons. The molecule has 0 saturated carbocycles. The minimum Gasteiger partial charge on any atom is -0.328 e. The summed E-state index contributed by atoms with van der Waals surface area (Å²) in [5.41, 5.74) is 6.71. The van der Waals surface area contributed by atoms with E-state index in [0.717, 1.165) is 22.9 Å². The molecule has 1 aromatic carbocycles. The molecule has 1 aromatic rings. The lowest BCUT2D eigenvalue weighted by Gasteiger charge is -2.34. The van der Waals surface area contributed by atoms with E-state index in [2.05, 4.69) is 15.9 Å². The van der Waals surface area contributed by atoms with E-state index in [1.165, 1.54) is 0 Å². The highest BCUT2D eigenvalue weighted by molar-refractivity contribution is 9.10. The molecule has 20 heavy (non-hydrogen) atoms. The first-order chi connectivity index (χ1) is 9.32. The largest absolute Gasteiger partial charge is 0.328 e. The quantitative estimate of drug-likeness (QED) is 0.900. The Labute approximate surface area is 129 Å². The van der Waals surface area contributed by atoms with Gasteiger partial charge < -0.3 is 5.73 Å². The number of nitrogens with two attached hydrogens (primary N) is 1. The number of halogens is 1. The molecule has 1 saturated heterocycles. The van der Waals surface area contributed by atoms with E-state index >= 15 is 0 Å². The lowest BCUT2D eigenvalue weighted by Crippen LogP contribution is -2.45. The number of rotatable bonds is 3. The van der Waals surface area contributed by atoms with Crippen LogP contribution in [0.15, 0.2) is 27.6 Å². The van der Waals surface area contributed by atoms with Gasteiger partial charge in [-0.05, 0) is 50.3 Å². The molecule has 0 bridgehead atoms. The van der Waals surface area contributed by atoms with Crippen molar-refractivity contribution in [1.29, 1.82) is 0 Å². The Hall–Kier alpha value is -0.430. The minimum absolute atomic E-state index is 0.0246. The second-order valence-electron chi connectivity index (χ2n) is 5.53. The zero-order valence-electron chi connectivity index (χ0n) is 11.8. The average Bonchev–Trinajstić information content (AvgIpc) is 2.41. The van der Waals surface area contributed by atoms with E-state index in [4.69, 9.17) is 5.73 Å². The summed E-state index contributed by atoms with van der Waals surface area (Å²) in [4.78, 5) is 0.386. The first-order valence-corrected chi connectivity index (χ1v) is 9.07. The zero-order valence-corrected chi connectivity index (χ0v) is 14.2. The van der Waals surface area contributed by atoms with E-state index in [1.54, 1.807) is 10.4 Å². The molecule has 4 nitrogen and oxygen atoms in total. The highest BCUT2D eigenvalue weighted by atomic mass is 79.9. The van der Waals surface area contributed by atoms with E-state index in [1.807, 2.05) is 26.0 Å². The summed E-state index contributed by atoms with van der Waals surface area (Å²) in [5, 5.41) is 0. The maximum absolute atomic E-state index is 12.8. The van der Waals surface area contributed by atoms with Crippen molar-refractivity contribution in [3.05, 3.63) is 28.2 Å². The SMILES string of the molecule is Cc1ccc(Br)cc1S(=O)(=O)N1CCCC(C(C)N)C1. The Kier molecular flexibility index (Phi) is 4.89. The number of sulfonamides is 1. The van der Waals surface area contributed by atoms with Gasteiger partial charge in [0.2, 0.25) is 10.0 Å². The Bertz CT molecular complexity index is 587. The number of piperidine rings is 1. The van der Waals surface area contributed by atoms with Gasteiger partial charge in [-0.25, -0.2) is 8.42 Å². The molecule has 1 fully saturated rings. The van der Waals surface area contributed by atoms with Crippen molar-refractivity contribution in [2.24, 2.45) is 11.7 Å². The molecule has 0 spiro atoms. The normalized spacial score (nSPS) is 22.7. The average molecular weight is 361 g/mol. The molecular formula is C14H21BrN2O2S. The number of hydrogen-bond donors (Lipinski definition) is 1. The second kappa shape index (κ2) is 6.13. The highest BCUT2D eigenvalue weighted by Crippen LogP contribution is 2.28. The van der Waals surface area contributed by atoms with Gasteiger partial charge in [0.1, 0.15) is 0 Å². The molecule has 6 heteroatoms. The molecule has 1 aliphatic heterocycles. The van der Waals surface area contributed by atoms with Gasteiger partial charge in [-0.2, -0.15) is 4.31 Å². The van der Waals surface area contributed by atoms with Gasteiger partial charge >= 0.3 is 0 Å². The standard InChI is InChI=1S/C14H21BrN2O2S/c1-10-5-6-13(15)8-14(10)20(18,19)17-7-3-4-12(9-17)11(2)16/h5-6,8,11-12H,3-4,7,9,16H2,1-2H3. The Morgan fingerprint density at radius 3 is 2.80 bits per heavy atom. The van der Waals surface area contributed by atoms with Crippen molar-refractivity contribution in [2.45, 2.75) is 37.6 Å². The van der Waals surface area contributed by atoms with Crippen molar-refractivity contribution in [1.82, 2.24) is 4.31 Å². The summed E-state index contributed by atoms with van der Waals surface area (Å²) < 4.78 is 27.9. The Balaban J connectivity index is 2.32. The molecule has 0 amide bonds. The van der Waals surface area contributed by atoms with Gasteiger partial charge in [-0.15, -0.1) is 0 Å². The molecule has 0 radical (unpaired) electrons. The lowest BCUT2D eigenvalue weighted by molar-refractivity contribution is 0.243. The third-order valence-electron chi connectivity index (χ3n) is 3.93. The summed E-state index contributed by atoms with van der Waals surface area (Å²) in [6, 6.07) is 5.39. The molecule has 2 N–H and O–H groups in total. The van der Waals surface area contributed by atoms with Crippen LogP contribution in [0.4, 0.5) is 0 Å². The maximum Gasteiger partial charge on any atom is 0.243 e.